The molecule has 1 aromatic rings. The molecule has 1 aromatic heterocycles. The summed E-state index contributed by atoms with van der Waals surface area (Å²) in [5.74, 6) is 2.22. The third-order valence-electron chi connectivity index (χ3n) is 2.02. The summed E-state index contributed by atoms with van der Waals surface area (Å²) in [6.45, 7) is 3.76. The molecular formula is C12H13F3N2O. The van der Waals surface area contributed by atoms with Crippen molar-refractivity contribution in [1.29, 1.82) is 0 Å². The maximum Gasteiger partial charge on any atom is 0.416 e. The zero-order valence-corrected chi connectivity index (χ0v) is 10.0. The van der Waals surface area contributed by atoms with E-state index in [0.717, 1.165) is 12.1 Å². The van der Waals surface area contributed by atoms with E-state index in [9.17, 15) is 13.2 Å². The predicted octanol–water partition coefficient (Wildman–Crippen LogP) is 2.93. The first-order valence-corrected chi connectivity index (χ1v) is 5.32. The van der Waals surface area contributed by atoms with Gasteiger partial charge in [0.2, 0.25) is 5.88 Å². The van der Waals surface area contributed by atoms with Gasteiger partial charge in [-0.05, 0) is 19.9 Å². The standard InChI is InChI=1S/C12H13F3N2O/c1-4-8(3)18-11-7-9(12(13,14)15)6-10(17-11)16-5-2/h1,6-8H,5H2,2-3H3,(H,16,17). The van der Waals surface area contributed by atoms with Crippen molar-refractivity contribution in [3.8, 4) is 18.2 Å². The lowest BCUT2D eigenvalue weighted by Gasteiger charge is -2.13. The SMILES string of the molecule is C#CC(C)Oc1cc(C(F)(F)F)cc(NCC)n1. The Balaban J connectivity index is 3.10. The molecule has 0 fully saturated rings. The summed E-state index contributed by atoms with van der Waals surface area (Å²) in [7, 11) is 0. The molecule has 0 spiro atoms. The Hall–Kier alpha value is -1.90. The van der Waals surface area contributed by atoms with Crippen LogP contribution in [0.5, 0.6) is 5.88 Å². The van der Waals surface area contributed by atoms with Crippen LogP contribution in [-0.4, -0.2) is 17.6 Å². The largest absolute Gasteiger partial charge is 0.461 e. The lowest BCUT2D eigenvalue weighted by molar-refractivity contribution is -0.137. The first-order valence-electron chi connectivity index (χ1n) is 5.32. The van der Waals surface area contributed by atoms with Gasteiger partial charge in [0.05, 0.1) is 5.56 Å². The summed E-state index contributed by atoms with van der Waals surface area (Å²) in [5, 5.41) is 2.71. The molecule has 1 unspecified atom stereocenters. The number of nitrogens with zero attached hydrogens (tertiary/aromatic N) is 1. The molecule has 0 saturated carbocycles. The second-order valence-corrected chi connectivity index (χ2v) is 3.53. The van der Waals surface area contributed by atoms with Crippen LogP contribution in [0.4, 0.5) is 19.0 Å². The quantitative estimate of drug-likeness (QED) is 0.843. The van der Waals surface area contributed by atoms with Gasteiger partial charge in [0, 0.05) is 12.6 Å². The average Bonchev–Trinajstić information content (AvgIpc) is 2.27. The van der Waals surface area contributed by atoms with E-state index in [1.807, 2.05) is 0 Å². The molecule has 0 saturated heterocycles. The number of halogens is 3. The van der Waals surface area contributed by atoms with Gasteiger partial charge in [-0.25, -0.2) is 0 Å². The van der Waals surface area contributed by atoms with Gasteiger partial charge in [0.25, 0.3) is 0 Å². The molecule has 0 aliphatic rings. The molecule has 0 amide bonds. The molecule has 1 atom stereocenters. The maximum absolute atomic E-state index is 12.7. The molecule has 0 aliphatic carbocycles. The van der Waals surface area contributed by atoms with Crippen molar-refractivity contribution in [3.05, 3.63) is 17.7 Å². The van der Waals surface area contributed by atoms with Gasteiger partial charge in [-0.15, -0.1) is 6.42 Å². The van der Waals surface area contributed by atoms with Crippen molar-refractivity contribution < 1.29 is 17.9 Å². The summed E-state index contributed by atoms with van der Waals surface area (Å²) >= 11 is 0. The van der Waals surface area contributed by atoms with E-state index in [1.54, 1.807) is 13.8 Å². The predicted molar refractivity (Wildman–Crippen MR) is 62.3 cm³/mol. The topological polar surface area (TPSA) is 34.1 Å². The van der Waals surface area contributed by atoms with E-state index in [4.69, 9.17) is 11.2 Å². The first kappa shape index (κ1) is 14.2. The Bertz CT molecular complexity index is 452. The van der Waals surface area contributed by atoms with Crippen molar-refractivity contribution in [2.24, 2.45) is 0 Å². The fraction of sp³-hybridized carbons (Fsp3) is 0.417. The molecule has 1 N–H and O–H groups in total. The molecule has 18 heavy (non-hydrogen) atoms. The van der Waals surface area contributed by atoms with Crippen LogP contribution in [0.1, 0.15) is 19.4 Å². The number of rotatable bonds is 4. The number of ether oxygens (including phenoxy) is 1. The van der Waals surface area contributed by atoms with Crippen LogP contribution in [-0.2, 0) is 6.18 Å². The van der Waals surface area contributed by atoms with E-state index in [-0.39, 0.29) is 11.7 Å². The number of anilines is 1. The normalized spacial score (nSPS) is 12.7. The van der Waals surface area contributed by atoms with Gasteiger partial charge in [-0.3, -0.25) is 0 Å². The van der Waals surface area contributed by atoms with Crippen molar-refractivity contribution in [2.75, 3.05) is 11.9 Å². The van der Waals surface area contributed by atoms with Crippen LogP contribution < -0.4 is 10.1 Å². The van der Waals surface area contributed by atoms with Crippen LogP contribution in [0.15, 0.2) is 12.1 Å². The summed E-state index contributed by atoms with van der Waals surface area (Å²) in [4.78, 5) is 3.90. The summed E-state index contributed by atoms with van der Waals surface area (Å²) in [5.41, 5.74) is -0.826. The van der Waals surface area contributed by atoms with Crippen molar-refractivity contribution in [2.45, 2.75) is 26.1 Å². The third kappa shape index (κ3) is 3.84. The minimum absolute atomic E-state index is 0.103. The molecule has 6 heteroatoms. The molecule has 0 bridgehead atoms. The number of alkyl halides is 3. The van der Waals surface area contributed by atoms with Crippen LogP contribution >= 0.6 is 0 Å². The molecule has 0 aliphatic heterocycles. The Morgan fingerprint density at radius 1 is 1.50 bits per heavy atom. The number of nitrogens with one attached hydrogen (secondary N) is 1. The van der Waals surface area contributed by atoms with E-state index >= 15 is 0 Å². The van der Waals surface area contributed by atoms with E-state index < -0.39 is 17.8 Å². The monoisotopic (exact) mass is 258 g/mol. The molecule has 3 nitrogen and oxygen atoms in total. The fourth-order valence-electron chi connectivity index (χ4n) is 1.22. The molecule has 0 radical (unpaired) electrons. The summed E-state index contributed by atoms with van der Waals surface area (Å²) in [6, 6.07) is 1.76. The lowest BCUT2D eigenvalue weighted by atomic mass is 10.2. The second-order valence-electron chi connectivity index (χ2n) is 3.53. The number of aromatic nitrogens is 1. The molecular weight excluding hydrogens is 245 g/mol. The first-order chi connectivity index (χ1) is 8.36. The van der Waals surface area contributed by atoms with E-state index in [2.05, 4.69) is 16.2 Å². The number of terminal acetylenes is 1. The highest BCUT2D eigenvalue weighted by Gasteiger charge is 2.32. The molecule has 0 aromatic carbocycles. The summed E-state index contributed by atoms with van der Waals surface area (Å²) < 4.78 is 43.1. The fourth-order valence-corrected chi connectivity index (χ4v) is 1.22. The smallest absolute Gasteiger partial charge is 0.416 e. The van der Waals surface area contributed by atoms with Crippen LogP contribution in [0.25, 0.3) is 0 Å². The van der Waals surface area contributed by atoms with Crippen LogP contribution in [0, 0.1) is 12.3 Å². The highest BCUT2D eigenvalue weighted by molar-refractivity contribution is 5.42. The highest BCUT2D eigenvalue weighted by Crippen LogP contribution is 2.32. The van der Waals surface area contributed by atoms with Gasteiger partial charge in [0.15, 0.2) is 6.10 Å². The number of hydrogen-bond donors (Lipinski definition) is 1. The van der Waals surface area contributed by atoms with Crippen molar-refractivity contribution in [1.82, 2.24) is 4.98 Å². The van der Waals surface area contributed by atoms with Crippen LogP contribution in [0.3, 0.4) is 0 Å². The minimum Gasteiger partial charge on any atom is -0.461 e. The van der Waals surface area contributed by atoms with Crippen molar-refractivity contribution >= 4 is 5.82 Å². The van der Waals surface area contributed by atoms with Crippen LogP contribution in [0.2, 0.25) is 0 Å². The number of hydrogen-bond acceptors (Lipinski definition) is 3. The van der Waals surface area contributed by atoms with Crippen molar-refractivity contribution in [3.63, 3.8) is 0 Å². The van der Waals surface area contributed by atoms with Gasteiger partial charge < -0.3 is 10.1 Å². The number of pyridine rings is 1. The second kappa shape index (κ2) is 5.63. The van der Waals surface area contributed by atoms with E-state index in [0.29, 0.717) is 6.54 Å². The van der Waals surface area contributed by atoms with Gasteiger partial charge in [0.1, 0.15) is 5.82 Å². The molecule has 98 valence electrons. The lowest BCUT2D eigenvalue weighted by Crippen LogP contribution is -2.13. The van der Waals surface area contributed by atoms with E-state index in [1.165, 1.54) is 0 Å². The Labute approximate surface area is 103 Å². The Morgan fingerprint density at radius 2 is 2.17 bits per heavy atom. The average molecular weight is 258 g/mol. The Kier molecular flexibility index (Phi) is 4.43. The maximum atomic E-state index is 12.7. The zero-order chi connectivity index (χ0) is 13.8. The zero-order valence-electron chi connectivity index (χ0n) is 10.0. The molecule has 1 heterocycles. The third-order valence-corrected chi connectivity index (χ3v) is 2.02. The molecule has 1 rings (SSSR count). The van der Waals surface area contributed by atoms with Gasteiger partial charge in [-0.1, -0.05) is 5.92 Å². The highest BCUT2D eigenvalue weighted by atomic mass is 19.4. The van der Waals surface area contributed by atoms with Gasteiger partial charge >= 0.3 is 6.18 Å². The minimum atomic E-state index is -4.45. The summed E-state index contributed by atoms with van der Waals surface area (Å²) in [6.07, 6.45) is 0.00296. The van der Waals surface area contributed by atoms with Gasteiger partial charge in [-0.2, -0.15) is 18.2 Å². The Morgan fingerprint density at radius 3 is 2.67 bits per heavy atom.